The molecule has 3 aromatic carbocycles. The molecular formula is C26H25N3O4. The van der Waals surface area contributed by atoms with Crippen LogP contribution in [0.25, 0.3) is 11.4 Å². The van der Waals surface area contributed by atoms with Gasteiger partial charge in [0.2, 0.25) is 11.7 Å². The maximum absolute atomic E-state index is 12.9. The van der Waals surface area contributed by atoms with E-state index in [0.29, 0.717) is 40.8 Å². The second-order valence-electron chi connectivity index (χ2n) is 7.64. The number of nitrogens with one attached hydrogen (secondary N) is 1. The fourth-order valence-corrected chi connectivity index (χ4v) is 3.43. The van der Waals surface area contributed by atoms with E-state index in [9.17, 15) is 4.79 Å². The molecule has 4 aromatic rings. The van der Waals surface area contributed by atoms with Crippen LogP contribution in [0.15, 0.2) is 77.3 Å². The smallest absolute Gasteiger partial charge is 0.251 e. The van der Waals surface area contributed by atoms with Gasteiger partial charge in [-0.25, -0.2) is 0 Å². The molecule has 168 valence electrons. The van der Waals surface area contributed by atoms with Crippen molar-refractivity contribution in [1.29, 1.82) is 0 Å². The Bertz CT molecular complexity index is 1200. The van der Waals surface area contributed by atoms with Crippen molar-refractivity contribution in [3.8, 4) is 22.9 Å². The lowest BCUT2D eigenvalue weighted by Gasteiger charge is -2.15. The molecule has 0 radical (unpaired) electrons. The third kappa shape index (κ3) is 5.38. The lowest BCUT2D eigenvalue weighted by atomic mass is 10.0. The SMILES string of the molecule is COc1cc(OC)cc(-c2noc([C@H](Cc3ccccc3)NC(=O)c3ccc(C)cc3)n2)c1. The van der Waals surface area contributed by atoms with Crippen LogP contribution in [0.2, 0.25) is 0 Å². The summed E-state index contributed by atoms with van der Waals surface area (Å²) >= 11 is 0. The standard InChI is InChI=1S/C26H25N3O4/c1-17-9-11-19(12-10-17)25(30)27-23(13-18-7-5-4-6-8-18)26-28-24(29-33-26)20-14-21(31-2)16-22(15-20)32-3/h4-12,14-16,23H,13H2,1-3H3,(H,27,30)/t23-/m0/s1. The number of hydrogen-bond acceptors (Lipinski definition) is 6. The highest BCUT2D eigenvalue weighted by Gasteiger charge is 2.23. The van der Waals surface area contributed by atoms with Gasteiger partial charge in [-0.1, -0.05) is 53.2 Å². The van der Waals surface area contributed by atoms with Crippen molar-refractivity contribution in [3.05, 3.63) is 95.4 Å². The van der Waals surface area contributed by atoms with Gasteiger partial charge >= 0.3 is 0 Å². The van der Waals surface area contributed by atoms with E-state index in [1.165, 1.54) is 0 Å². The van der Waals surface area contributed by atoms with Gasteiger partial charge in [-0.05, 0) is 36.8 Å². The number of ether oxygens (including phenoxy) is 2. The summed E-state index contributed by atoms with van der Waals surface area (Å²) in [6.07, 6.45) is 0.501. The quantitative estimate of drug-likeness (QED) is 0.422. The number of benzene rings is 3. The van der Waals surface area contributed by atoms with Crippen LogP contribution in [-0.2, 0) is 6.42 Å². The molecule has 7 heteroatoms. The minimum Gasteiger partial charge on any atom is -0.497 e. The van der Waals surface area contributed by atoms with Gasteiger partial charge in [0.15, 0.2) is 0 Å². The molecule has 0 spiro atoms. The van der Waals surface area contributed by atoms with Crippen LogP contribution in [0.1, 0.15) is 33.4 Å². The Kier molecular flexibility index (Phi) is 6.69. The first-order valence-electron chi connectivity index (χ1n) is 10.5. The van der Waals surface area contributed by atoms with Crippen LogP contribution in [-0.4, -0.2) is 30.3 Å². The summed E-state index contributed by atoms with van der Waals surface area (Å²) in [4.78, 5) is 17.5. The van der Waals surface area contributed by atoms with Gasteiger partial charge in [0.25, 0.3) is 5.91 Å². The molecule has 1 atom stereocenters. The second kappa shape index (κ2) is 9.99. The number of amides is 1. The first-order chi connectivity index (χ1) is 16.1. The number of hydrogen-bond donors (Lipinski definition) is 1. The zero-order valence-electron chi connectivity index (χ0n) is 18.7. The molecule has 0 aliphatic heterocycles. The Morgan fingerprint density at radius 2 is 1.64 bits per heavy atom. The van der Waals surface area contributed by atoms with Gasteiger partial charge in [0.1, 0.15) is 17.5 Å². The van der Waals surface area contributed by atoms with E-state index < -0.39 is 6.04 Å². The highest BCUT2D eigenvalue weighted by Crippen LogP contribution is 2.29. The van der Waals surface area contributed by atoms with E-state index in [-0.39, 0.29) is 5.91 Å². The Hall–Kier alpha value is -4.13. The molecule has 0 aliphatic rings. The average molecular weight is 444 g/mol. The maximum Gasteiger partial charge on any atom is 0.251 e. The van der Waals surface area contributed by atoms with Crippen molar-refractivity contribution >= 4 is 5.91 Å². The second-order valence-corrected chi connectivity index (χ2v) is 7.64. The predicted molar refractivity (Wildman–Crippen MR) is 124 cm³/mol. The topological polar surface area (TPSA) is 86.5 Å². The number of aromatic nitrogens is 2. The predicted octanol–water partition coefficient (Wildman–Crippen LogP) is 4.78. The van der Waals surface area contributed by atoms with Crippen molar-refractivity contribution in [2.45, 2.75) is 19.4 Å². The van der Waals surface area contributed by atoms with Crippen LogP contribution >= 0.6 is 0 Å². The van der Waals surface area contributed by atoms with Gasteiger partial charge in [0, 0.05) is 23.6 Å². The summed E-state index contributed by atoms with van der Waals surface area (Å²) in [6.45, 7) is 1.98. The molecule has 0 bridgehead atoms. The third-order valence-corrected chi connectivity index (χ3v) is 5.25. The molecule has 1 N–H and O–H groups in total. The molecule has 0 saturated carbocycles. The lowest BCUT2D eigenvalue weighted by molar-refractivity contribution is 0.0928. The molecule has 33 heavy (non-hydrogen) atoms. The van der Waals surface area contributed by atoms with Crippen molar-refractivity contribution in [2.24, 2.45) is 0 Å². The molecule has 0 aliphatic carbocycles. The summed E-state index contributed by atoms with van der Waals surface area (Å²) in [6, 6.07) is 22.1. The van der Waals surface area contributed by atoms with Gasteiger partial charge in [-0.2, -0.15) is 4.98 Å². The van der Waals surface area contributed by atoms with Crippen LogP contribution in [0.3, 0.4) is 0 Å². The summed E-state index contributed by atoms with van der Waals surface area (Å²) in [7, 11) is 3.16. The molecule has 7 nitrogen and oxygen atoms in total. The Morgan fingerprint density at radius 3 is 2.27 bits per heavy atom. The van der Waals surface area contributed by atoms with E-state index in [4.69, 9.17) is 14.0 Å². The monoisotopic (exact) mass is 443 g/mol. The van der Waals surface area contributed by atoms with Gasteiger partial charge in [-0.15, -0.1) is 0 Å². The van der Waals surface area contributed by atoms with Crippen molar-refractivity contribution < 1.29 is 18.8 Å². The van der Waals surface area contributed by atoms with E-state index in [1.54, 1.807) is 44.6 Å². The first kappa shape index (κ1) is 22.1. The molecule has 1 heterocycles. The zero-order chi connectivity index (χ0) is 23.2. The van der Waals surface area contributed by atoms with Crippen molar-refractivity contribution in [1.82, 2.24) is 15.5 Å². The van der Waals surface area contributed by atoms with Crippen molar-refractivity contribution in [3.63, 3.8) is 0 Å². The number of nitrogens with zero attached hydrogens (tertiary/aromatic N) is 2. The normalized spacial score (nSPS) is 11.6. The Morgan fingerprint density at radius 1 is 0.970 bits per heavy atom. The number of carbonyl (C=O) groups excluding carboxylic acids is 1. The van der Waals surface area contributed by atoms with Crippen LogP contribution < -0.4 is 14.8 Å². The number of aryl methyl sites for hydroxylation is 1. The summed E-state index contributed by atoms with van der Waals surface area (Å²) < 4.78 is 16.3. The number of carbonyl (C=O) groups is 1. The molecule has 4 rings (SSSR count). The highest BCUT2D eigenvalue weighted by molar-refractivity contribution is 5.94. The largest absolute Gasteiger partial charge is 0.497 e. The lowest BCUT2D eigenvalue weighted by Crippen LogP contribution is -2.30. The van der Waals surface area contributed by atoms with Crippen molar-refractivity contribution in [2.75, 3.05) is 14.2 Å². The summed E-state index contributed by atoms with van der Waals surface area (Å²) in [5, 5.41) is 7.19. The molecular weight excluding hydrogens is 418 g/mol. The first-order valence-corrected chi connectivity index (χ1v) is 10.5. The highest BCUT2D eigenvalue weighted by atomic mass is 16.5. The van der Waals surface area contributed by atoms with Gasteiger partial charge in [0.05, 0.1) is 14.2 Å². The van der Waals surface area contributed by atoms with E-state index in [1.807, 2.05) is 49.4 Å². The molecule has 1 aromatic heterocycles. The molecule has 0 fully saturated rings. The summed E-state index contributed by atoms with van der Waals surface area (Å²) in [5.74, 6) is 1.72. The number of rotatable bonds is 8. The molecule has 0 saturated heterocycles. The average Bonchev–Trinajstić information content (AvgIpc) is 3.35. The summed E-state index contributed by atoms with van der Waals surface area (Å²) in [5.41, 5.74) is 3.37. The number of methoxy groups -OCH3 is 2. The van der Waals surface area contributed by atoms with E-state index in [0.717, 1.165) is 11.1 Å². The van der Waals surface area contributed by atoms with Crippen LogP contribution in [0.4, 0.5) is 0 Å². The molecule has 1 amide bonds. The minimum atomic E-state index is -0.505. The van der Waals surface area contributed by atoms with Crippen LogP contribution in [0, 0.1) is 6.92 Å². The van der Waals surface area contributed by atoms with Gasteiger partial charge in [-0.3, -0.25) is 4.79 Å². The minimum absolute atomic E-state index is 0.210. The van der Waals surface area contributed by atoms with Gasteiger partial charge < -0.3 is 19.3 Å². The zero-order valence-corrected chi connectivity index (χ0v) is 18.7. The third-order valence-electron chi connectivity index (χ3n) is 5.25. The van der Waals surface area contributed by atoms with E-state index >= 15 is 0 Å². The molecule has 0 unspecified atom stereocenters. The fraction of sp³-hybridized carbons (Fsp3) is 0.192. The fourth-order valence-electron chi connectivity index (χ4n) is 3.43. The van der Waals surface area contributed by atoms with E-state index in [2.05, 4.69) is 15.5 Å². The Labute approximate surface area is 192 Å². The maximum atomic E-state index is 12.9. The van der Waals surface area contributed by atoms with Crippen LogP contribution in [0.5, 0.6) is 11.5 Å². The Balaban J connectivity index is 1.64.